The highest BCUT2D eigenvalue weighted by Crippen LogP contribution is 2.22. The van der Waals surface area contributed by atoms with Gasteiger partial charge in [0, 0.05) is 5.69 Å². The number of amides is 1. The van der Waals surface area contributed by atoms with E-state index in [0.29, 0.717) is 0 Å². The van der Waals surface area contributed by atoms with Crippen molar-refractivity contribution < 1.29 is 14.3 Å². The molecule has 27 heavy (non-hydrogen) atoms. The van der Waals surface area contributed by atoms with Crippen LogP contribution in [0.5, 0.6) is 0 Å². The van der Waals surface area contributed by atoms with Gasteiger partial charge in [-0.2, -0.15) is 0 Å². The molecule has 1 atom stereocenters. The summed E-state index contributed by atoms with van der Waals surface area (Å²) in [6.45, 7) is 5.50. The summed E-state index contributed by atoms with van der Waals surface area (Å²) in [6, 6.07) is 12.1. The summed E-state index contributed by atoms with van der Waals surface area (Å²) in [7, 11) is 0. The van der Waals surface area contributed by atoms with Gasteiger partial charge in [0.15, 0.2) is 6.10 Å². The lowest BCUT2D eigenvalue weighted by molar-refractivity contribution is -0.152. The van der Waals surface area contributed by atoms with Gasteiger partial charge in [-0.1, -0.05) is 30.3 Å². The number of carbonyl (C=O) groups is 2. The lowest BCUT2D eigenvalue weighted by Crippen LogP contribution is -2.30. The van der Waals surface area contributed by atoms with Crippen LogP contribution in [0.2, 0.25) is 0 Å². The Morgan fingerprint density at radius 1 is 1.04 bits per heavy atom. The van der Waals surface area contributed by atoms with E-state index < -0.39 is 6.10 Å². The first-order chi connectivity index (χ1) is 12.9. The third kappa shape index (κ3) is 4.97. The molecular formula is C23H27NO3. The molecule has 2 aromatic rings. The molecule has 1 aliphatic rings. The van der Waals surface area contributed by atoms with Crippen molar-refractivity contribution >= 4 is 17.6 Å². The zero-order chi connectivity index (χ0) is 19.4. The minimum Gasteiger partial charge on any atom is -0.452 e. The Hall–Kier alpha value is -2.62. The molecule has 4 nitrogen and oxygen atoms in total. The molecule has 0 heterocycles. The van der Waals surface area contributed by atoms with Crippen LogP contribution in [-0.2, 0) is 33.6 Å². The number of esters is 1. The quantitative estimate of drug-likeness (QED) is 0.804. The first kappa shape index (κ1) is 19.2. The van der Waals surface area contributed by atoms with Gasteiger partial charge in [0.1, 0.15) is 0 Å². The van der Waals surface area contributed by atoms with E-state index in [9.17, 15) is 9.59 Å². The van der Waals surface area contributed by atoms with Crippen molar-refractivity contribution in [1.82, 2.24) is 0 Å². The van der Waals surface area contributed by atoms with Gasteiger partial charge in [0.05, 0.1) is 6.42 Å². The fourth-order valence-electron chi connectivity index (χ4n) is 3.46. The van der Waals surface area contributed by atoms with E-state index in [0.717, 1.165) is 35.2 Å². The van der Waals surface area contributed by atoms with E-state index in [-0.39, 0.29) is 18.3 Å². The molecular weight excluding hydrogens is 338 g/mol. The maximum Gasteiger partial charge on any atom is 0.311 e. The number of carbonyl (C=O) groups excluding carboxylic acids is 2. The minimum absolute atomic E-state index is 0.189. The SMILES string of the molecule is Cc1ccc(C)c(NC(=O)[C@H](C)OC(=O)Cc2ccc3c(c2)CCCC3)c1. The molecule has 0 spiro atoms. The Kier molecular flexibility index (Phi) is 5.94. The summed E-state index contributed by atoms with van der Waals surface area (Å²) in [5.41, 5.74) is 6.46. The van der Waals surface area contributed by atoms with Crippen molar-refractivity contribution in [1.29, 1.82) is 0 Å². The summed E-state index contributed by atoms with van der Waals surface area (Å²) < 4.78 is 5.35. The number of hydrogen-bond acceptors (Lipinski definition) is 3. The number of benzene rings is 2. The Bertz CT molecular complexity index is 857. The van der Waals surface area contributed by atoms with Crippen LogP contribution in [0.25, 0.3) is 0 Å². The molecule has 0 unspecified atom stereocenters. The lowest BCUT2D eigenvalue weighted by Gasteiger charge is -2.17. The highest BCUT2D eigenvalue weighted by atomic mass is 16.5. The van der Waals surface area contributed by atoms with Gasteiger partial charge in [-0.05, 0) is 80.3 Å². The third-order valence-corrected chi connectivity index (χ3v) is 5.09. The summed E-state index contributed by atoms with van der Waals surface area (Å²) >= 11 is 0. The number of aryl methyl sites for hydroxylation is 4. The molecule has 2 aromatic carbocycles. The van der Waals surface area contributed by atoms with Gasteiger partial charge in [0.2, 0.25) is 0 Å². The summed E-state index contributed by atoms with van der Waals surface area (Å²) in [5.74, 6) is -0.697. The van der Waals surface area contributed by atoms with E-state index in [1.165, 1.54) is 24.0 Å². The predicted molar refractivity (Wildman–Crippen MR) is 107 cm³/mol. The van der Waals surface area contributed by atoms with Gasteiger partial charge in [-0.25, -0.2) is 0 Å². The molecule has 1 N–H and O–H groups in total. The van der Waals surface area contributed by atoms with Crippen LogP contribution in [0.15, 0.2) is 36.4 Å². The molecule has 0 saturated heterocycles. The number of rotatable bonds is 5. The van der Waals surface area contributed by atoms with E-state index in [1.807, 2.05) is 38.1 Å². The third-order valence-electron chi connectivity index (χ3n) is 5.09. The van der Waals surface area contributed by atoms with Crippen LogP contribution in [0, 0.1) is 13.8 Å². The number of hydrogen-bond donors (Lipinski definition) is 1. The topological polar surface area (TPSA) is 55.4 Å². The Labute approximate surface area is 160 Å². The van der Waals surface area contributed by atoms with E-state index in [1.54, 1.807) is 6.92 Å². The molecule has 0 aliphatic heterocycles. The smallest absolute Gasteiger partial charge is 0.311 e. The highest BCUT2D eigenvalue weighted by molar-refractivity contribution is 5.95. The summed E-state index contributed by atoms with van der Waals surface area (Å²) in [6.07, 6.45) is 3.99. The number of anilines is 1. The van der Waals surface area contributed by atoms with Gasteiger partial charge in [0.25, 0.3) is 5.91 Å². The average Bonchev–Trinajstić information content (AvgIpc) is 2.64. The molecule has 1 amide bonds. The first-order valence-electron chi connectivity index (χ1n) is 9.60. The van der Waals surface area contributed by atoms with E-state index >= 15 is 0 Å². The largest absolute Gasteiger partial charge is 0.452 e. The van der Waals surface area contributed by atoms with E-state index in [4.69, 9.17) is 4.74 Å². The summed E-state index contributed by atoms with van der Waals surface area (Å²) in [4.78, 5) is 24.6. The molecule has 0 fully saturated rings. The Morgan fingerprint density at radius 3 is 2.56 bits per heavy atom. The molecule has 1 aliphatic carbocycles. The van der Waals surface area contributed by atoms with Crippen molar-refractivity contribution in [2.75, 3.05) is 5.32 Å². The monoisotopic (exact) mass is 365 g/mol. The molecule has 0 aromatic heterocycles. The number of ether oxygens (including phenoxy) is 1. The lowest BCUT2D eigenvalue weighted by atomic mass is 9.90. The van der Waals surface area contributed by atoms with Crippen LogP contribution >= 0.6 is 0 Å². The molecule has 0 saturated carbocycles. The van der Waals surface area contributed by atoms with Crippen LogP contribution < -0.4 is 5.32 Å². The molecule has 3 rings (SSSR count). The van der Waals surface area contributed by atoms with Gasteiger partial charge >= 0.3 is 5.97 Å². The predicted octanol–water partition coefficient (Wildman–Crippen LogP) is 4.30. The first-order valence-corrected chi connectivity index (χ1v) is 9.60. The normalized spacial score (nSPS) is 14.2. The summed E-state index contributed by atoms with van der Waals surface area (Å²) in [5, 5.41) is 2.84. The van der Waals surface area contributed by atoms with E-state index in [2.05, 4.69) is 17.4 Å². The zero-order valence-corrected chi connectivity index (χ0v) is 16.3. The Morgan fingerprint density at radius 2 is 1.78 bits per heavy atom. The highest BCUT2D eigenvalue weighted by Gasteiger charge is 2.19. The number of nitrogens with one attached hydrogen (secondary N) is 1. The molecule has 0 bridgehead atoms. The van der Waals surface area contributed by atoms with Crippen molar-refractivity contribution in [3.8, 4) is 0 Å². The second-order valence-electron chi connectivity index (χ2n) is 7.43. The second-order valence-corrected chi connectivity index (χ2v) is 7.43. The molecule has 142 valence electrons. The van der Waals surface area contributed by atoms with Crippen LogP contribution in [0.3, 0.4) is 0 Å². The van der Waals surface area contributed by atoms with Gasteiger partial charge in [-0.3, -0.25) is 9.59 Å². The van der Waals surface area contributed by atoms with Gasteiger partial charge in [-0.15, -0.1) is 0 Å². The maximum absolute atomic E-state index is 12.4. The zero-order valence-electron chi connectivity index (χ0n) is 16.3. The fraction of sp³-hybridized carbons (Fsp3) is 0.391. The standard InChI is InChI=1S/C23H27NO3/c1-15-8-9-16(2)21(12-15)24-23(26)17(3)27-22(25)14-18-10-11-19-6-4-5-7-20(19)13-18/h8-13,17H,4-7,14H2,1-3H3,(H,24,26)/t17-/m0/s1. The maximum atomic E-state index is 12.4. The molecule has 0 radical (unpaired) electrons. The van der Waals surface area contributed by atoms with Crippen LogP contribution in [-0.4, -0.2) is 18.0 Å². The minimum atomic E-state index is -0.838. The fourth-order valence-corrected chi connectivity index (χ4v) is 3.46. The van der Waals surface area contributed by atoms with Gasteiger partial charge < -0.3 is 10.1 Å². The van der Waals surface area contributed by atoms with Crippen LogP contribution in [0.4, 0.5) is 5.69 Å². The second kappa shape index (κ2) is 8.38. The molecule has 4 heteroatoms. The Balaban J connectivity index is 1.57. The number of fused-ring (bicyclic) bond motifs is 1. The van der Waals surface area contributed by atoms with Crippen molar-refractivity contribution in [3.63, 3.8) is 0 Å². The average molecular weight is 365 g/mol. The van der Waals surface area contributed by atoms with Crippen LogP contribution in [0.1, 0.15) is 47.6 Å². The van der Waals surface area contributed by atoms with Crippen molar-refractivity contribution in [3.05, 3.63) is 64.2 Å². The van der Waals surface area contributed by atoms with Crippen molar-refractivity contribution in [2.24, 2.45) is 0 Å². The van der Waals surface area contributed by atoms with Crippen molar-refractivity contribution in [2.45, 2.75) is 59.0 Å².